The molecule has 3 nitrogen and oxygen atoms in total. The molecule has 0 atom stereocenters. The zero-order chi connectivity index (χ0) is 14.8. The first kappa shape index (κ1) is 14.3. The van der Waals surface area contributed by atoms with E-state index in [0.717, 1.165) is 4.88 Å². The minimum absolute atomic E-state index is 0.0000920. The van der Waals surface area contributed by atoms with Gasteiger partial charge in [-0.3, -0.25) is 0 Å². The number of thiazole rings is 1. The van der Waals surface area contributed by atoms with Crippen LogP contribution in [0.15, 0.2) is 42.7 Å². The highest BCUT2D eigenvalue weighted by atomic mass is 35.5. The molecule has 2 heterocycles. The summed E-state index contributed by atoms with van der Waals surface area (Å²) in [5.74, 6) is 0.176. The van der Waals surface area contributed by atoms with Gasteiger partial charge < -0.3 is 5.32 Å². The topological polar surface area (TPSA) is 37.8 Å². The molecule has 106 valence electrons. The van der Waals surface area contributed by atoms with Crippen molar-refractivity contribution in [3.05, 3.63) is 58.6 Å². The Kier molecular flexibility index (Phi) is 4.05. The van der Waals surface area contributed by atoms with E-state index in [1.807, 2.05) is 18.2 Å². The molecule has 0 saturated heterocycles. The summed E-state index contributed by atoms with van der Waals surface area (Å²) in [6.45, 7) is 0. The van der Waals surface area contributed by atoms with Crippen LogP contribution in [-0.2, 0) is 0 Å². The average Bonchev–Trinajstić information content (AvgIpc) is 2.92. The van der Waals surface area contributed by atoms with Crippen LogP contribution in [0.25, 0.3) is 10.4 Å². The number of halogens is 3. The molecular weight excluding hydrogens is 332 g/mol. The number of nitrogens with one attached hydrogen (secondary N) is 1. The van der Waals surface area contributed by atoms with Crippen molar-refractivity contribution in [3.63, 3.8) is 0 Å². The number of benzene rings is 1. The highest BCUT2D eigenvalue weighted by Crippen LogP contribution is 2.37. The predicted molar refractivity (Wildman–Crippen MR) is 85.0 cm³/mol. The minimum atomic E-state index is -0.510. The summed E-state index contributed by atoms with van der Waals surface area (Å²) >= 11 is 13.1. The molecule has 0 unspecified atom stereocenters. The lowest BCUT2D eigenvalue weighted by Crippen LogP contribution is -1.90. The van der Waals surface area contributed by atoms with Crippen molar-refractivity contribution < 1.29 is 4.39 Å². The summed E-state index contributed by atoms with van der Waals surface area (Å²) in [7, 11) is 0. The van der Waals surface area contributed by atoms with Crippen LogP contribution in [0.4, 0.5) is 15.3 Å². The predicted octanol–water partition coefficient (Wildman–Crippen LogP) is 5.39. The Morgan fingerprint density at radius 1 is 1.10 bits per heavy atom. The first-order valence-electron chi connectivity index (χ1n) is 5.92. The van der Waals surface area contributed by atoms with E-state index in [1.54, 1.807) is 12.4 Å². The Labute approximate surface area is 134 Å². The Morgan fingerprint density at radius 3 is 2.71 bits per heavy atom. The van der Waals surface area contributed by atoms with E-state index in [2.05, 4.69) is 15.3 Å². The largest absolute Gasteiger partial charge is 0.316 e. The van der Waals surface area contributed by atoms with Crippen LogP contribution in [0.5, 0.6) is 0 Å². The maximum Gasteiger partial charge on any atom is 0.188 e. The molecule has 3 rings (SSSR count). The monoisotopic (exact) mass is 339 g/mol. The normalized spacial score (nSPS) is 10.6. The first-order valence-corrected chi connectivity index (χ1v) is 7.49. The lowest BCUT2D eigenvalue weighted by atomic mass is 10.2. The molecule has 7 heteroatoms. The Hall–Kier alpha value is -1.69. The van der Waals surface area contributed by atoms with Crippen molar-refractivity contribution in [2.75, 3.05) is 5.32 Å². The van der Waals surface area contributed by atoms with Gasteiger partial charge in [0.2, 0.25) is 0 Å². The standard InChI is InChI=1S/C14H8Cl2FN3S/c15-9-6-10(16)11(17)5-8(9)12-7-19-14(21-12)20-13-3-1-2-4-18-13/h1-7H,(H,18,19,20). The molecule has 0 saturated carbocycles. The molecule has 0 amide bonds. The van der Waals surface area contributed by atoms with Gasteiger partial charge >= 0.3 is 0 Å². The Morgan fingerprint density at radius 2 is 1.95 bits per heavy atom. The summed E-state index contributed by atoms with van der Waals surface area (Å²) in [5.41, 5.74) is 0.560. The lowest BCUT2D eigenvalue weighted by molar-refractivity contribution is 0.629. The smallest absolute Gasteiger partial charge is 0.188 e. The molecule has 3 aromatic rings. The third-order valence-corrected chi connectivity index (χ3v) is 4.23. The summed E-state index contributed by atoms with van der Waals surface area (Å²) in [6.07, 6.45) is 3.31. The molecule has 0 bridgehead atoms. The van der Waals surface area contributed by atoms with E-state index in [4.69, 9.17) is 23.2 Å². The number of pyridine rings is 1. The van der Waals surface area contributed by atoms with Gasteiger partial charge in [0, 0.05) is 18.0 Å². The third-order valence-electron chi connectivity index (χ3n) is 2.68. The van der Waals surface area contributed by atoms with Crippen LogP contribution in [-0.4, -0.2) is 9.97 Å². The number of hydrogen-bond donors (Lipinski definition) is 1. The molecule has 0 aliphatic carbocycles. The molecule has 1 aromatic carbocycles. The van der Waals surface area contributed by atoms with Gasteiger partial charge in [-0.15, -0.1) is 0 Å². The highest BCUT2D eigenvalue weighted by Gasteiger charge is 2.12. The third kappa shape index (κ3) is 3.15. The van der Waals surface area contributed by atoms with E-state index in [9.17, 15) is 4.39 Å². The van der Waals surface area contributed by atoms with Gasteiger partial charge in [0.05, 0.1) is 14.9 Å². The van der Waals surface area contributed by atoms with Crippen LogP contribution in [0.1, 0.15) is 0 Å². The van der Waals surface area contributed by atoms with Crippen molar-refractivity contribution in [1.29, 1.82) is 0 Å². The second-order valence-corrected chi connectivity index (χ2v) is 5.96. The quantitative estimate of drug-likeness (QED) is 0.649. The maximum atomic E-state index is 13.6. The second-order valence-electron chi connectivity index (χ2n) is 4.12. The molecule has 1 N–H and O–H groups in total. The van der Waals surface area contributed by atoms with Gasteiger partial charge in [0.15, 0.2) is 5.13 Å². The van der Waals surface area contributed by atoms with E-state index >= 15 is 0 Å². The SMILES string of the molecule is Fc1cc(-c2cnc(Nc3ccccn3)s2)c(Cl)cc1Cl. The number of nitrogens with zero attached hydrogens (tertiary/aromatic N) is 2. The molecule has 0 aliphatic heterocycles. The van der Waals surface area contributed by atoms with Crippen LogP contribution in [0.2, 0.25) is 10.0 Å². The van der Waals surface area contributed by atoms with Crippen molar-refractivity contribution in [2.45, 2.75) is 0 Å². The Bertz CT molecular complexity index is 777. The highest BCUT2D eigenvalue weighted by molar-refractivity contribution is 7.19. The summed E-state index contributed by atoms with van der Waals surface area (Å²) in [5, 5.41) is 4.11. The molecule has 21 heavy (non-hydrogen) atoms. The Balaban J connectivity index is 1.90. The van der Waals surface area contributed by atoms with Gasteiger partial charge in [0.1, 0.15) is 11.6 Å². The molecule has 0 aliphatic rings. The number of aromatic nitrogens is 2. The fraction of sp³-hybridized carbons (Fsp3) is 0. The van der Waals surface area contributed by atoms with Gasteiger partial charge in [-0.2, -0.15) is 0 Å². The van der Waals surface area contributed by atoms with Crippen LogP contribution in [0, 0.1) is 5.82 Å². The average molecular weight is 340 g/mol. The van der Waals surface area contributed by atoms with Crippen LogP contribution < -0.4 is 5.32 Å². The van der Waals surface area contributed by atoms with E-state index in [1.165, 1.54) is 23.5 Å². The van der Waals surface area contributed by atoms with Gasteiger partial charge in [-0.1, -0.05) is 40.6 Å². The van der Waals surface area contributed by atoms with Crippen molar-refractivity contribution in [1.82, 2.24) is 9.97 Å². The van der Waals surface area contributed by atoms with E-state index in [0.29, 0.717) is 21.5 Å². The summed E-state index contributed by atoms with van der Waals surface area (Å²) in [6, 6.07) is 8.22. The zero-order valence-electron chi connectivity index (χ0n) is 10.5. The van der Waals surface area contributed by atoms with Crippen LogP contribution >= 0.6 is 34.5 Å². The summed E-state index contributed by atoms with van der Waals surface area (Å²) < 4.78 is 13.6. The maximum absolute atomic E-state index is 13.6. The fourth-order valence-electron chi connectivity index (χ4n) is 1.71. The van der Waals surface area contributed by atoms with E-state index < -0.39 is 5.82 Å². The number of rotatable bonds is 3. The van der Waals surface area contributed by atoms with Gasteiger partial charge in [-0.25, -0.2) is 14.4 Å². The second kappa shape index (κ2) is 5.97. The van der Waals surface area contributed by atoms with Gasteiger partial charge in [0.25, 0.3) is 0 Å². The number of anilines is 2. The van der Waals surface area contributed by atoms with Gasteiger partial charge in [-0.05, 0) is 24.3 Å². The van der Waals surface area contributed by atoms with Crippen molar-refractivity contribution in [2.24, 2.45) is 0 Å². The summed E-state index contributed by atoms with van der Waals surface area (Å²) in [4.78, 5) is 9.13. The molecule has 0 radical (unpaired) electrons. The fourth-order valence-corrected chi connectivity index (χ4v) is 3.11. The van der Waals surface area contributed by atoms with E-state index in [-0.39, 0.29) is 5.02 Å². The zero-order valence-corrected chi connectivity index (χ0v) is 12.8. The molecular formula is C14H8Cl2FN3S. The molecule has 0 fully saturated rings. The van der Waals surface area contributed by atoms with Crippen molar-refractivity contribution in [3.8, 4) is 10.4 Å². The first-order chi connectivity index (χ1) is 10.1. The minimum Gasteiger partial charge on any atom is -0.316 e. The molecule has 0 spiro atoms. The lowest BCUT2D eigenvalue weighted by Gasteiger charge is -2.03. The van der Waals surface area contributed by atoms with Crippen molar-refractivity contribution >= 4 is 45.5 Å². The number of hydrogen-bond acceptors (Lipinski definition) is 4. The van der Waals surface area contributed by atoms with Crippen LogP contribution in [0.3, 0.4) is 0 Å². The molecule has 2 aromatic heterocycles.